The van der Waals surface area contributed by atoms with Gasteiger partial charge in [-0.05, 0) is 42.8 Å². The lowest BCUT2D eigenvalue weighted by atomic mass is 10.1. The van der Waals surface area contributed by atoms with E-state index in [0.717, 1.165) is 0 Å². The van der Waals surface area contributed by atoms with Gasteiger partial charge in [-0.25, -0.2) is 9.59 Å². The predicted octanol–water partition coefficient (Wildman–Crippen LogP) is 2.33. The van der Waals surface area contributed by atoms with Crippen molar-refractivity contribution in [3.8, 4) is 0 Å². The highest BCUT2D eigenvalue weighted by Crippen LogP contribution is 2.08. The summed E-state index contributed by atoms with van der Waals surface area (Å²) in [7, 11) is 1.30. The van der Waals surface area contributed by atoms with Gasteiger partial charge < -0.3 is 19.2 Å². The molecule has 0 saturated heterocycles. The van der Waals surface area contributed by atoms with Gasteiger partial charge in [0.2, 0.25) is 0 Å². The topological polar surface area (TPSA) is 94.8 Å². The molecule has 0 aliphatic heterocycles. The lowest BCUT2D eigenvalue weighted by Gasteiger charge is -2.11. The van der Waals surface area contributed by atoms with Crippen molar-refractivity contribution in [3.05, 3.63) is 65.6 Å². The third-order valence-corrected chi connectivity index (χ3v) is 3.42. The van der Waals surface area contributed by atoms with Gasteiger partial charge in [-0.2, -0.15) is 0 Å². The van der Waals surface area contributed by atoms with E-state index in [-0.39, 0.29) is 6.54 Å². The van der Waals surface area contributed by atoms with Crippen molar-refractivity contribution in [2.45, 2.75) is 19.6 Å². The first-order chi connectivity index (χ1) is 12.5. The van der Waals surface area contributed by atoms with Gasteiger partial charge in [0.15, 0.2) is 6.10 Å². The number of hydrogen-bond acceptors (Lipinski definition) is 6. The normalized spacial score (nSPS) is 11.8. The summed E-state index contributed by atoms with van der Waals surface area (Å²) in [5.41, 5.74) is 1.11. The van der Waals surface area contributed by atoms with Crippen LogP contribution >= 0.6 is 0 Å². The van der Waals surface area contributed by atoms with Crippen molar-refractivity contribution in [2.24, 2.45) is 0 Å². The van der Waals surface area contributed by atoms with Gasteiger partial charge in [-0.15, -0.1) is 0 Å². The Kier molecular flexibility index (Phi) is 6.73. The summed E-state index contributed by atoms with van der Waals surface area (Å²) >= 11 is 0. The van der Waals surface area contributed by atoms with Crippen LogP contribution in [0, 0.1) is 0 Å². The fraction of sp³-hybridized carbons (Fsp3) is 0.211. The standard InChI is InChI=1S/C19H19NO6/c1-13(18(22)20-12-16-4-3-11-25-16)26-17(21)10-7-14-5-8-15(9-6-14)19(23)24-2/h3-11,13H,12H2,1-2H3,(H,20,22)/b10-7+/t13-/m1/s1. The van der Waals surface area contributed by atoms with E-state index < -0.39 is 23.9 Å². The number of hydrogen-bond donors (Lipinski definition) is 1. The molecule has 0 bridgehead atoms. The third kappa shape index (κ3) is 5.62. The first-order valence-corrected chi connectivity index (χ1v) is 7.86. The minimum Gasteiger partial charge on any atom is -0.467 e. The van der Waals surface area contributed by atoms with E-state index in [2.05, 4.69) is 10.1 Å². The van der Waals surface area contributed by atoms with Crippen LogP contribution in [-0.2, 0) is 25.6 Å². The van der Waals surface area contributed by atoms with Crippen LogP contribution in [0.5, 0.6) is 0 Å². The summed E-state index contributed by atoms with van der Waals surface area (Å²) in [4.78, 5) is 35.0. The highest BCUT2D eigenvalue weighted by atomic mass is 16.5. The van der Waals surface area contributed by atoms with Crippen LogP contribution in [-0.4, -0.2) is 31.1 Å². The zero-order valence-corrected chi connectivity index (χ0v) is 14.4. The molecule has 0 fully saturated rings. The molecule has 26 heavy (non-hydrogen) atoms. The number of amides is 1. The van der Waals surface area contributed by atoms with E-state index in [4.69, 9.17) is 9.15 Å². The number of carbonyl (C=O) groups is 3. The van der Waals surface area contributed by atoms with Gasteiger partial charge in [-0.3, -0.25) is 4.79 Å². The van der Waals surface area contributed by atoms with Gasteiger partial charge in [0, 0.05) is 6.08 Å². The molecule has 0 unspecified atom stereocenters. The smallest absolute Gasteiger partial charge is 0.337 e. The number of nitrogens with one attached hydrogen (secondary N) is 1. The largest absolute Gasteiger partial charge is 0.467 e. The second-order valence-electron chi connectivity index (χ2n) is 5.32. The number of methoxy groups -OCH3 is 1. The number of ether oxygens (including phenoxy) is 2. The molecular formula is C19H19NO6. The van der Waals surface area contributed by atoms with Gasteiger partial charge in [0.05, 0.1) is 25.5 Å². The Balaban J connectivity index is 1.81. The van der Waals surface area contributed by atoms with Crippen LogP contribution in [0.3, 0.4) is 0 Å². The lowest BCUT2D eigenvalue weighted by Crippen LogP contribution is -2.35. The van der Waals surface area contributed by atoms with Crippen molar-refractivity contribution in [1.82, 2.24) is 5.32 Å². The highest BCUT2D eigenvalue weighted by Gasteiger charge is 2.16. The third-order valence-electron chi connectivity index (χ3n) is 3.42. The van der Waals surface area contributed by atoms with Crippen LogP contribution in [0.4, 0.5) is 0 Å². The molecule has 7 nitrogen and oxygen atoms in total. The van der Waals surface area contributed by atoms with E-state index in [1.807, 2.05) is 0 Å². The number of benzene rings is 1. The molecule has 2 rings (SSSR count). The molecule has 0 aliphatic rings. The SMILES string of the molecule is COC(=O)c1ccc(/C=C/C(=O)O[C@H](C)C(=O)NCc2ccco2)cc1. The maximum atomic E-state index is 11.9. The number of carbonyl (C=O) groups excluding carboxylic acids is 3. The summed E-state index contributed by atoms with van der Waals surface area (Å²) < 4.78 is 14.7. The fourth-order valence-corrected chi connectivity index (χ4v) is 2.01. The Bertz CT molecular complexity index is 777. The zero-order valence-electron chi connectivity index (χ0n) is 14.4. The quantitative estimate of drug-likeness (QED) is 0.604. The van der Waals surface area contributed by atoms with Crippen molar-refractivity contribution >= 4 is 23.9 Å². The second-order valence-corrected chi connectivity index (χ2v) is 5.32. The summed E-state index contributed by atoms with van der Waals surface area (Å²) in [6, 6.07) is 9.94. The van der Waals surface area contributed by atoms with Gasteiger partial charge in [0.1, 0.15) is 5.76 Å². The molecule has 0 aliphatic carbocycles. The second kappa shape index (κ2) is 9.22. The van der Waals surface area contributed by atoms with Crippen molar-refractivity contribution in [2.75, 3.05) is 7.11 Å². The zero-order chi connectivity index (χ0) is 18.9. The van der Waals surface area contributed by atoms with E-state index in [1.165, 1.54) is 32.4 Å². The minimum atomic E-state index is -0.941. The predicted molar refractivity (Wildman–Crippen MR) is 92.9 cm³/mol. The Labute approximate surface area is 150 Å². The fourth-order valence-electron chi connectivity index (χ4n) is 2.01. The number of furan rings is 1. The Morgan fingerprint density at radius 2 is 1.92 bits per heavy atom. The molecule has 1 N–H and O–H groups in total. The number of esters is 2. The molecule has 0 radical (unpaired) electrons. The molecule has 1 aromatic carbocycles. The van der Waals surface area contributed by atoms with Gasteiger partial charge >= 0.3 is 11.9 Å². The minimum absolute atomic E-state index is 0.218. The summed E-state index contributed by atoms with van der Waals surface area (Å²) in [5, 5.41) is 2.61. The van der Waals surface area contributed by atoms with Gasteiger partial charge in [0.25, 0.3) is 5.91 Å². The maximum Gasteiger partial charge on any atom is 0.337 e. The molecule has 1 aromatic heterocycles. The van der Waals surface area contributed by atoms with Crippen LogP contribution in [0.15, 0.2) is 53.2 Å². The summed E-state index contributed by atoms with van der Waals surface area (Å²) in [5.74, 6) is -0.908. The molecule has 0 saturated carbocycles. The summed E-state index contributed by atoms with van der Waals surface area (Å²) in [6.07, 6.45) is 3.30. The molecular weight excluding hydrogens is 338 g/mol. The first kappa shape index (κ1) is 19.0. The Morgan fingerprint density at radius 1 is 1.19 bits per heavy atom. The average molecular weight is 357 g/mol. The van der Waals surface area contributed by atoms with Gasteiger partial charge in [-0.1, -0.05) is 12.1 Å². The monoisotopic (exact) mass is 357 g/mol. The van der Waals surface area contributed by atoms with E-state index >= 15 is 0 Å². The van der Waals surface area contributed by atoms with E-state index in [0.29, 0.717) is 16.9 Å². The van der Waals surface area contributed by atoms with Crippen LogP contribution in [0.2, 0.25) is 0 Å². The van der Waals surface area contributed by atoms with Crippen LogP contribution < -0.4 is 5.32 Å². The Hall–Kier alpha value is -3.35. The molecule has 1 amide bonds. The average Bonchev–Trinajstić information content (AvgIpc) is 3.17. The van der Waals surface area contributed by atoms with Crippen LogP contribution in [0.1, 0.15) is 28.6 Å². The van der Waals surface area contributed by atoms with Crippen LogP contribution in [0.25, 0.3) is 6.08 Å². The number of rotatable bonds is 7. The Morgan fingerprint density at radius 3 is 2.54 bits per heavy atom. The molecule has 0 spiro atoms. The highest BCUT2D eigenvalue weighted by molar-refractivity contribution is 5.91. The van der Waals surface area contributed by atoms with E-state index in [9.17, 15) is 14.4 Å². The molecule has 2 aromatic rings. The van der Waals surface area contributed by atoms with E-state index in [1.54, 1.807) is 36.4 Å². The molecule has 136 valence electrons. The summed E-state index contributed by atoms with van der Waals surface area (Å²) in [6.45, 7) is 1.70. The molecule has 1 atom stereocenters. The van der Waals surface area contributed by atoms with Crippen molar-refractivity contribution in [3.63, 3.8) is 0 Å². The lowest BCUT2D eigenvalue weighted by molar-refractivity contribution is -0.150. The molecule has 1 heterocycles. The molecule has 7 heteroatoms. The van der Waals surface area contributed by atoms with Crippen molar-refractivity contribution in [1.29, 1.82) is 0 Å². The maximum absolute atomic E-state index is 11.9. The first-order valence-electron chi connectivity index (χ1n) is 7.86. The van der Waals surface area contributed by atoms with Crippen molar-refractivity contribution < 1.29 is 28.3 Å².